The largest absolute Gasteiger partial charge is 0.465 e. The number of carbonyl (C=O) groups excluding carboxylic acids is 1. The molecule has 0 unspecified atom stereocenters. The molecule has 1 aromatic heterocycles. The van der Waals surface area contributed by atoms with E-state index in [4.69, 9.17) is 9.41 Å². The summed E-state index contributed by atoms with van der Waals surface area (Å²) in [5.41, 5.74) is 3.11. The van der Waals surface area contributed by atoms with E-state index in [1.165, 1.54) is 11.2 Å². The summed E-state index contributed by atoms with van der Waals surface area (Å²) in [6.45, 7) is 1.70. The van der Waals surface area contributed by atoms with Gasteiger partial charge < -0.3 is 4.42 Å². The highest BCUT2D eigenvalue weighted by Crippen LogP contribution is 2.30. The third-order valence-electron chi connectivity index (χ3n) is 5.16. The van der Waals surface area contributed by atoms with Crippen LogP contribution in [0.2, 0.25) is 0 Å². The van der Waals surface area contributed by atoms with Crippen LogP contribution < -0.4 is 0 Å². The van der Waals surface area contributed by atoms with Crippen LogP contribution in [0.3, 0.4) is 0 Å². The molecule has 31 heavy (non-hydrogen) atoms. The van der Waals surface area contributed by atoms with Crippen molar-refractivity contribution < 1.29 is 13.6 Å². The van der Waals surface area contributed by atoms with Crippen LogP contribution in [-0.4, -0.2) is 22.4 Å². The number of furan rings is 1. The van der Waals surface area contributed by atoms with Crippen LogP contribution in [0.25, 0.3) is 11.8 Å². The lowest BCUT2D eigenvalue weighted by molar-refractivity contribution is -0.120. The Hall–Kier alpha value is -4.06. The van der Waals surface area contributed by atoms with Crippen LogP contribution >= 0.6 is 0 Å². The maximum absolute atomic E-state index is 14.8. The molecule has 3 heterocycles. The molecule has 0 N–H and O–H groups in total. The Kier molecular flexibility index (Phi) is 4.67. The summed E-state index contributed by atoms with van der Waals surface area (Å²) in [6.07, 6.45) is 5.14. The molecule has 3 aromatic rings. The summed E-state index contributed by atoms with van der Waals surface area (Å²) < 4.78 is 20.2. The molecule has 152 valence electrons. The molecule has 0 aliphatic carbocycles. The van der Waals surface area contributed by atoms with Gasteiger partial charge in [0.1, 0.15) is 17.3 Å². The number of amidine groups is 1. The lowest BCUT2D eigenvalue weighted by Gasteiger charge is -2.22. The summed E-state index contributed by atoms with van der Waals surface area (Å²) in [5.74, 6) is 0.318. The normalized spacial score (nSPS) is 16.8. The Bertz CT molecular complexity index is 1290. The second-order valence-corrected chi connectivity index (χ2v) is 7.33. The van der Waals surface area contributed by atoms with Crippen molar-refractivity contribution in [2.75, 3.05) is 0 Å². The Balaban J connectivity index is 1.61. The number of nitrogens with zero attached hydrogens (tertiary/aromatic N) is 3. The minimum absolute atomic E-state index is 0.243. The number of rotatable bonds is 4. The van der Waals surface area contributed by atoms with Crippen LogP contribution in [0.5, 0.6) is 0 Å². The molecule has 2 aliphatic heterocycles. The molecule has 2 aliphatic rings. The molecule has 5 rings (SSSR count). The zero-order chi connectivity index (χ0) is 21.4. The standard InChI is InChI=1S/C25H18FN3O2/c1-16-7-5-11-19(23(16)26)22-15-29-24(20(27-22)13-17-8-3-2-4-9-17)28-21(25(29)30)14-18-10-6-12-31-18/h2-12,14-15H,13H2,1H3/b21-14-. The van der Waals surface area contributed by atoms with Gasteiger partial charge in [-0.25, -0.2) is 14.4 Å². The summed E-state index contributed by atoms with van der Waals surface area (Å²) in [4.78, 5) is 23.8. The molecule has 1 amide bonds. The number of benzene rings is 2. The number of halogens is 1. The molecular formula is C25H18FN3O2. The third-order valence-corrected chi connectivity index (χ3v) is 5.16. The number of aliphatic imine (C=N–C) groups is 2. The lowest BCUT2D eigenvalue weighted by Crippen LogP contribution is -2.36. The molecular weight excluding hydrogens is 393 g/mol. The van der Waals surface area contributed by atoms with Gasteiger partial charge in [0.15, 0.2) is 5.84 Å². The molecule has 0 atom stereocenters. The van der Waals surface area contributed by atoms with Gasteiger partial charge in [-0.15, -0.1) is 0 Å². The predicted octanol–water partition coefficient (Wildman–Crippen LogP) is 5.00. The van der Waals surface area contributed by atoms with E-state index >= 15 is 0 Å². The van der Waals surface area contributed by atoms with Gasteiger partial charge in [-0.2, -0.15) is 0 Å². The van der Waals surface area contributed by atoms with Crippen LogP contribution in [0.4, 0.5) is 4.39 Å². The number of aryl methyl sites for hydroxylation is 1. The number of hydrogen-bond acceptors (Lipinski definition) is 4. The molecule has 0 spiro atoms. The smallest absolute Gasteiger partial charge is 0.282 e. The second-order valence-electron chi connectivity index (χ2n) is 7.33. The van der Waals surface area contributed by atoms with Gasteiger partial charge in [0, 0.05) is 24.3 Å². The zero-order valence-corrected chi connectivity index (χ0v) is 16.7. The van der Waals surface area contributed by atoms with Gasteiger partial charge >= 0.3 is 0 Å². The van der Waals surface area contributed by atoms with E-state index < -0.39 is 0 Å². The van der Waals surface area contributed by atoms with Crippen LogP contribution in [0, 0.1) is 12.7 Å². The predicted molar refractivity (Wildman–Crippen MR) is 118 cm³/mol. The Morgan fingerprint density at radius 3 is 2.65 bits per heavy atom. The maximum atomic E-state index is 14.8. The van der Waals surface area contributed by atoms with Crippen molar-refractivity contribution in [2.45, 2.75) is 13.3 Å². The first-order chi connectivity index (χ1) is 15.1. The van der Waals surface area contributed by atoms with Crippen molar-refractivity contribution in [3.8, 4) is 0 Å². The van der Waals surface area contributed by atoms with Crippen molar-refractivity contribution in [3.63, 3.8) is 0 Å². The highest BCUT2D eigenvalue weighted by atomic mass is 19.1. The van der Waals surface area contributed by atoms with Crippen molar-refractivity contribution in [3.05, 3.63) is 107 Å². The third kappa shape index (κ3) is 3.53. The van der Waals surface area contributed by atoms with E-state index in [0.717, 1.165) is 5.56 Å². The fraction of sp³-hybridized carbons (Fsp3) is 0.0800. The van der Waals surface area contributed by atoms with Gasteiger partial charge in [-0.1, -0.05) is 42.5 Å². The van der Waals surface area contributed by atoms with E-state index in [2.05, 4.69) is 4.99 Å². The Morgan fingerprint density at radius 2 is 1.87 bits per heavy atom. The van der Waals surface area contributed by atoms with Crippen molar-refractivity contribution >= 4 is 29.2 Å². The molecule has 0 bridgehead atoms. The van der Waals surface area contributed by atoms with E-state index in [1.54, 1.807) is 49.5 Å². The molecule has 5 nitrogen and oxygen atoms in total. The number of carbonyl (C=O) groups is 1. The van der Waals surface area contributed by atoms with Crippen molar-refractivity contribution in [2.24, 2.45) is 9.98 Å². The van der Waals surface area contributed by atoms with Crippen molar-refractivity contribution in [1.29, 1.82) is 0 Å². The highest BCUT2D eigenvalue weighted by Gasteiger charge is 2.35. The van der Waals surface area contributed by atoms with Crippen molar-refractivity contribution in [1.82, 2.24) is 4.90 Å². The molecule has 0 saturated carbocycles. The van der Waals surface area contributed by atoms with Gasteiger partial charge in [0.25, 0.3) is 5.91 Å². The quantitative estimate of drug-likeness (QED) is 0.567. The Morgan fingerprint density at radius 1 is 1.03 bits per heavy atom. The van der Waals surface area contributed by atoms with Crippen LogP contribution in [-0.2, 0) is 11.2 Å². The van der Waals surface area contributed by atoms with Crippen LogP contribution in [0.15, 0.2) is 93.2 Å². The van der Waals surface area contributed by atoms with Crippen LogP contribution in [0.1, 0.15) is 22.5 Å². The molecule has 6 heteroatoms. The molecule has 2 aromatic carbocycles. The minimum atomic E-state index is -0.352. The fourth-order valence-electron chi connectivity index (χ4n) is 3.59. The summed E-state index contributed by atoms with van der Waals surface area (Å²) in [6, 6.07) is 18.4. The number of amides is 1. The van der Waals surface area contributed by atoms with Gasteiger partial charge in [0.05, 0.1) is 17.7 Å². The summed E-state index contributed by atoms with van der Waals surface area (Å²) in [7, 11) is 0. The molecule has 0 saturated heterocycles. The first-order valence-electron chi connectivity index (χ1n) is 9.87. The fourth-order valence-corrected chi connectivity index (χ4v) is 3.59. The second kappa shape index (κ2) is 7.65. The number of fused-ring (bicyclic) bond motifs is 1. The minimum Gasteiger partial charge on any atom is -0.465 e. The first-order valence-corrected chi connectivity index (χ1v) is 9.87. The SMILES string of the molecule is Cc1cccc(C2=CN3C(=O)/C(=C/c4ccco4)N=C3C(Cc3ccccc3)=N2)c1F. The molecule has 0 radical (unpaired) electrons. The highest BCUT2D eigenvalue weighted by molar-refractivity contribution is 6.48. The van der Waals surface area contributed by atoms with Gasteiger partial charge in [0.2, 0.25) is 0 Å². The van der Waals surface area contributed by atoms with E-state index in [9.17, 15) is 9.18 Å². The average molecular weight is 411 g/mol. The van der Waals surface area contributed by atoms with E-state index in [-0.39, 0.29) is 17.4 Å². The first kappa shape index (κ1) is 18.9. The average Bonchev–Trinajstić information content (AvgIpc) is 3.40. The lowest BCUT2D eigenvalue weighted by atomic mass is 10.0. The monoisotopic (exact) mass is 411 g/mol. The zero-order valence-electron chi connectivity index (χ0n) is 16.7. The molecule has 0 fully saturated rings. The topological polar surface area (TPSA) is 58.2 Å². The Labute approximate surface area is 178 Å². The van der Waals surface area contributed by atoms with Gasteiger partial charge in [-0.3, -0.25) is 9.69 Å². The van der Waals surface area contributed by atoms with E-state index in [0.29, 0.717) is 40.6 Å². The number of hydrogen-bond donors (Lipinski definition) is 0. The summed E-state index contributed by atoms with van der Waals surface area (Å²) in [5, 5.41) is 0. The van der Waals surface area contributed by atoms with Gasteiger partial charge in [-0.05, 0) is 36.2 Å². The van der Waals surface area contributed by atoms with E-state index in [1.807, 2.05) is 30.3 Å². The summed E-state index contributed by atoms with van der Waals surface area (Å²) >= 11 is 0. The maximum Gasteiger partial charge on any atom is 0.282 e.